The van der Waals surface area contributed by atoms with Gasteiger partial charge in [0.2, 0.25) is 5.91 Å². The van der Waals surface area contributed by atoms with Gasteiger partial charge in [-0.05, 0) is 58.3 Å². The first-order chi connectivity index (χ1) is 9.83. The molecule has 0 bridgehead atoms. The lowest BCUT2D eigenvalue weighted by molar-refractivity contribution is -0.121. The number of carbonyl (C=O) groups is 1. The molecular weight excluding hydrogens is 321 g/mol. The minimum atomic E-state index is 0. The Balaban J connectivity index is 0. The number of carbonyl (C=O) groups excluding carboxylic acids is 1. The Hall–Kier alpha value is -0.0300. The minimum Gasteiger partial charge on any atom is -0.356 e. The summed E-state index contributed by atoms with van der Waals surface area (Å²) in [6, 6.07) is 0. The Kier molecular flexibility index (Phi) is 19.1. The molecular formula is C16H35Cl2N3O. The molecule has 0 saturated carbocycles. The van der Waals surface area contributed by atoms with Crippen molar-refractivity contribution in [1.29, 1.82) is 0 Å². The molecule has 0 radical (unpaired) electrons. The van der Waals surface area contributed by atoms with E-state index in [1.54, 1.807) is 0 Å². The van der Waals surface area contributed by atoms with Gasteiger partial charge >= 0.3 is 0 Å². The number of nitrogens with zero attached hydrogens (tertiary/aromatic N) is 1. The smallest absolute Gasteiger partial charge is 0.219 e. The van der Waals surface area contributed by atoms with E-state index in [4.69, 9.17) is 5.73 Å². The molecule has 22 heavy (non-hydrogen) atoms. The summed E-state index contributed by atoms with van der Waals surface area (Å²) in [6.45, 7) is 5.22. The number of likely N-dealkylation sites (tertiary alicyclic amines) is 1. The molecule has 0 spiro atoms. The molecule has 6 heteroatoms. The van der Waals surface area contributed by atoms with Crippen LogP contribution in [0.5, 0.6) is 0 Å². The van der Waals surface area contributed by atoms with Crippen LogP contribution in [0, 0.1) is 0 Å². The van der Waals surface area contributed by atoms with Crippen molar-refractivity contribution in [1.82, 2.24) is 10.2 Å². The van der Waals surface area contributed by atoms with Crippen molar-refractivity contribution >= 4 is 30.7 Å². The number of rotatable bonds is 10. The van der Waals surface area contributed by atoms with Crippen LogP contribution in [0.4, 0.5) is 0 Å². The first-order valence-corrected chi connectivity index (χ1v) is 8.52. The van der Waals surface area contributed by atoms with Crippen molar-refractivity contribution in [3.8, 4) is 0 Å². The molecule has 1 heterocycles. The topological polar surface area (TPSA) is 58.4 Å². The maximum atomic E-state index is 11.6. The van der Waals surface area contributed by atoms with Gasteiger partial charge in [-0.25, -0.2) is 0 Å². The summed E-state index contributed by atoms with van der Waals surface area (Å²) in [5.74, 6) is 0.216. The molecule has 0 atom stereocenters. The Labute approximate surface area is 148 Å². The quantitative estimate of drug-likeness (QED) is 0.592. The summed E-state index contributed by atoms with van der Waals surface area (Å²) >= 11 is 0. The molecule has 134 valence electrons. The number of unbranched alkanes of at least 4 members (excludes halogenated alkanes) is 3. The van der Waals surface area contributed by atoms with E-state index in [1.807, 2.05) is 0 Å². The third kappa shape index (κ3) is 13.6. The van der Waals surface area contributed by atoms with E-state index < -0.39 is 0 Å². The molecule has 1 saturated heterocycles. The van der Waals surface area contributed by atoms with Crippen LogP contribution in [0.1, 0.15) is 64.2 Å². The molecule has 1 aliphatic heterocycles. The summed E-state index contributed by atoms with van der Waals surface area (Å²) in [4.78, 5) is 14.2. The van der Waals surface area contributed by atoms with Gasteiger partial charge in [0.15, 0.2) is 0 Å². The molecule has 1 amide bonds. The van der Waals surface area contributed by atoms with Crippen molar-refractivity contribution in [2.75, 3.05) is 32.7 Å². The molecule has 0 unspecified atom stereocenters. The highest BCUT2D eigenvalue weighted by Crippen LogP contribution is 2.09. The predicted octanol–water partition coefficient (Wildman–Crippen LogP) is 3.12. The maximum absolute atomic E-state index is 11.6. The van der Waals surface area contributed by atoms with Crippen molar-refractivity contribution in [2.24, 2.45) is 5.73 Å². The fourth-order valence-electron chi connectivity index (χ4n) is 2.76. The largest absolute Gasteiger partial charge is 0.356 e. The van der Waals surface area contributed by atoms with Crippen LogP contribution in [0.25, 0.3) is 0 Å². The Bertz CT molecular complexity index is 248. The summed E-state index contributed by atoms with van der Waals surface area (Å²) in [5.41, 5.74) is 5.44. The molecule has 0 aromatic heterocycles. The normalized spacial score (nSPS) is 15.3. The van der Waals surface area contributed by atoms with Gasteiger partial charge in [0.05, 0.1) is 0 Å². The van der Waals surface area contributed by atoms with Crippen LogP contribution in [-0.2, 0) is 4.79 Å². The van der Waals surface area contributed by atoms with E-state index in [2.05, 4.69) is 10.2 Å². The lowest BCUT2D eigenvalue weighted by Gasteiger charge is -2.19. The highest BCUT2D eigenvalue weighted by molar-refractivity contribution is 5.85. The highest BCUT2D eigenvalue weighted by atomic mass is 35.5. The van der Waals surface area contributed by atoms with Gasteiger partial charge in [0.25, 0.3) is 0 Å². The lowest BCUT2D eigenvalue weighted by Crippen LogP contribution is -2.30. The fraction of sp³-hybridized carbons (Fsp3) is 0.938. The van der Waals surface area contributed by atoms with Crippen LogP contribution in [0.2, 0.25) is 0 Å². The van der Waals surface area contributed by atoms with Crippen molar-refractivity contribution in [3.63, 3.8) is 0 Å². The monoisotopic (exact) mass is 355 g/mol. The average Bonchev–Trinajstić information content (AvgIpc) is 2.72. The van der Waals surface area contributed by atoms with Crippen molar-refractivity contribution in [3.05, 3.63) is 0 Å². The van der Waals surface area contributed by atoms with Crippen LogP contribution in [0.15, 0.2) is 0 Å². The van der Waals surface area contributed by atoms with Gasteiger partial charge in [-0.2, -0.15) is 0 Å². The van der Waals surface area contributed by atoms with Gasteiger partial charge in [0.1, 0.15) is 0 Å². The predicted molar refractivity (Wildman–Crippen MR) is 99.2 cm³/mol. The second-order valence-corrected chi connectivity index (χ2v) is 5.91. The standard InChI is InChI=1S/C16H33N3O.2ClH/c17-11-6-2-1-5-10-16(20)18-12-9-15-19-13-7-3-4-8-14-19;;/h1-15,17H2,(H,18,20);2*1H. The summed E-state index contributed by atoms with van der Waals surface area (Å²) in [7, 11) is 0. The molecule has 1 aliphatic rings. The Morgan fingerprint density at radius 1 is 0.909 bits per heavy atom. The molecule has 0 aromatic carbocycles. The molecule has 3 N–H and O–H groups in total. The van der Waals surface area contributed by atoms with Gasteiger partial charge in [-0.15, -0.1) is 24.8 Å². The summed E-state index contributed by atoms with van der Waals surface area (Å²) in [6.07, 6.45) is 11.6. The first kappa shape index (κ1) is 24.2. The molecule has 1 rings (SSSR count). The van der Waals surface area contributed by atoms with Crippen LogP contribution in [-0.4, -0.2) is 43.5 Å². The second kappa shape index (κ2) is 17.3. The van der Waals surface area contributed by atoms with Gasteiger partial charge in [-0.1, -0.05) is 25.7 Å². The van der Waals surface area contributed by atoms with E-state index in [1.165, 1.54) is 38.8 Å². The number of halogens is 2. The van der Waals surface area contributed by atoms with E-state index in [9.17, 15) is 4.79 Å². The minimum absolute atomic E-state index is 0. The van der Waals surface area contributed by atoms with Crippen molar-refractivity contribution in [2.45, 2.75) is 64.2 Å². The third-order valence-electron chi connectivity index (χ3n) is 4.03. The van der Waals surface area contributed by atoms with Crippen molar-refractivity contribution < 1.29 is 4.79 Å². The van der Waals surface area contributed by atoms with Gasteiger partial charge in [0, 0.05) is 13.0 Å². The molecule has 4 nitrogen and oxygen atoms in total. The summed E-state index contributed by atoms with van der Waals surface area (Å²) < 4.78 is 0. The number of nitrogens with two attached hydrogens (primary N) is 1. The second-order valence-electron chi connectivity index (χ2n) is 5.91. The van der Waals surface area contributed by atoms with E-state index in [0.29, 0.717) is 6.42 Å². The van der Waals surface area contributed by atoms with Crippen LogP contribution in [0.3, 0.4) is 0 Å². The van der Waals surface area contributed by atoms with E-state index in [-0.39, 0.29) is 30.7 Å². The fourth-order valence-corrected chi connectivity index (χ4v) is 2.76. The summed E-state index contributed by atoms with van der Waals surface area (Å²) in [5, 5.41) is 3.04. The van der Waals surface area contributed by atoms with Crippen LogP contribution < -0.4 is 11.1 Å². The SMILES string of the molecule is Cl.Cl.NCCCCCCC(=O)NCCCN1CCCCCC1. The van der Waals surface area contributed by atoms with Gasteiger partial charge < -0.3 is 16.0 Å². The van der Waals surface area contributed by atoms with E-state index in [0.717, 1.165) is 51.7 Å². The Morgan fingerprint density at radius 3 is 2.18 bits per heavy atom. The first-order valence-electron chi connectivity index (χ1n) is 8.52. The zero-order chi connectivity index (χ0) is 14.5. The van der Waals surface area contributed by atoms with Crippen LogP contribution >= 0.6 is 24.8 Å². The zero-order valence-corrected chi connectivity index (χ0v) is 15.5. The molecule has 0 aliphatic carbocycles. The van der Waals surface area contributed by atoms with Gasteiger partial charge in [-0.3, -0.25) is 4.79 Å². The zero-order valence-electron chi connectivity index (χ0n) is 13.9. The number of nitrogens with one attached hydrogen (secondary N) is 1. The maximum Gasteiger partial charge on any atom is 0.219 e. The third-order valence-corrected chi connectivity index (χ3v) is 4.03. The van der Waals surface area contributed by atoms with E-state index >= 15 is 0 Å². The number of hydrogen-bond acceptors (Lipinski definition) is 3. The molecule has 0 aromatic rings. The lowest BCUT2D eigenvalue weighted by atomic mass is 10.1. The number of amides is 1. The Morgan fingerprint density at radius 2 is 1.55 bits per heavy atom. The number of hydrogen-bond donors (Lipinski definition) is 2. The highest BCUT2D eigenvalue weighted by Gasteiger charge is 2.08. The molecule has 1 fully saturated rings. The average molecular weight is 356 g/mol.